The minimum Gasteiger partial charge on any atom is -0.489 e. The molecule has 0 radical (unpaired) electrons. The summed E-state index contributed by atoms with van der Waals surface area (Å²) in [7, 11) is 1.86. The molecule has 0 aliphatic carbocycles. The van der Waals surface area contributed by atoms with Crippen molar-refractivity contribution in [2.24, 2.45) is 0 Å². The second-order valence-corrected chi connectivity index (χ2v) is 5.01. The zero-order valence-corrected chi connectivity index (χ0v) is 12.4. The van der Waals surface area contributed by atoms with Crippen LogP contribution in [0.2, 0.25) is 5.02 Å². The van der Waals surface area contributed by atoms with Gasteiger partial charge >= 0.3 is 5.97 Å². The van der Waals surface area contributed by atoms with E-state index in [0.717, 1.165) is 16.9 Å². The molecule has 2 rings (SSSR count). The molecule has 5 heteroatoms. The maximum absolute atomic E-state index is 10.8. The molecule has 0 aliphatic rings. The summed E-state index contributed by atoms with van der Waals surface area (Å²) in [4.78, 5) is 10.8. The average molecular weight is 306 g/mol. The molecule has 0 aliphatic heterocycles. The molecule has 0 spiro atoms. The van der Waals surface area contributed by atoms with Crippen LogP contribution in [-0.2, 0) is 13.2 Å². The van der Waals surface area contributed by atoms with Crippen LogP contribution in [0, 0.1) is 0 Å². The Hall–Kier alpha value is -2.04. The van der Waals surface area contributed by atoms with Gasteiger partial charge in [-0.05, 0) is 42.9 Å². The lowest BCUT2D eigenvalue weighted by Crippen LogP contribution is -2.07. The van der Waals surface area contributed by atoms with Crippen molar-refractivity contribution in [3.63, 3.8) is 0 Å². The van der Waals surface area contributed by atoms with E-state index in [-0.39, 0.29) is 5.56 Å². The Balaban J connectivity index is 2.07. The first-order valence-electron chi connectivity index (χ1n) is 6.48. The number of carboxylic acids is 1. The second-order valence-electron chi connectivity index (χ2n) is 4.57. The van der Waals surface area contributed by atoms with Crippen molar-refractivity contribution >= 4 is 17.6 Å². The van der Waals surface area contributed by atoms with Gasteiger partial charge in [0.05, 0.1) is 5.56 Å². The third-order valence-corrected chi connectivity index (χ3v) is 3.22. The molecule has 0 aromatic heterocycles. The first-order valence-corrected chi connectivity index (χ1v) is 6.86. The van der Waals surface area contributed by atoms with Crippen LogP contribution in [0.4, 0.5) is 0 Å². The van der Waals surface area contributed by atoms with Gasteiger partial charge in [-0.2, -0.15) is 0 Å². The number of hydrogen-bond donors (Lipinski definition) is 2. The molecule has 0 amide bonds. The number of benzene rings is 2. The number of hydrogen-bond acceptors (Lipinski definition) is 3. The van der Waals surface area contributed by atoms with Crippen LogP contribution in [0.25, 0.3) is 0 Å². The zero-order chi connectivity index (χ0) is 15.2. The van der Waals surface area contributed by atoms with Gasteiger partial charge in [0.2, 0.25) is 0 Å². The predicted molar refractivity (Wildman–Crippen MR) is 81.9 cm³/mol. The third-order valence-electron chi connectivity index (χ3n) is 2.98. The smallest absolute Gasteiger partial charge is 0.335 e. The average Bonchev–Trinajstić information content (AvgIpc) is 2.47. The summed E-state index contributed by atoms with van der Waals surface area (Å²) < 4.78 is 5.79. The van der Waals surface area contributed by atoms with E-state index in [1.165, 1.54) is 0 Å². The van der Waals surface area contributed by atoms with Crippen molar-refractivity contribution in [3.05, 3.63) is 64.2 Å². The van der Waals surface area contributed by atoms with Gasteiger partial charge in [0.25, 0.3) is 0 Å². The van der Waals surface area contributed by atoms with E-state index in [9.17, 15) is 4.79 Å². The van der Waals surface area contributed by atoms with Crippen LogP contribution in [-0.4, -0.2) is 18.1 Å². The summed E-state index contributed by atoms with van der Waals surface area (Å²) in [5.74, 6) is -0.174. The number of halogens is 1. The molecular formula is C16H16ClNO3. The molecule has 0 bridgehead atoms. The fraction of sp³-hybridized carbons (Fsp3) is 0.188. The molecule has 0 atom stereocenters. The van der Waals surface area contributed by atoms with Gasteiger partial charge in [0, 0.05) is 17.1 Å². The minimum absolute atomic E-state index is 0.265. The molecule has 110 valence electrons. The van der Waals surface area contributed by atoms with Crippen LogP contribution in [0.5, 0.6) is 5.75 Å². The summed E-state index contributed by atoms with van der Waals surface area (Å²) in [6.07, 6.45) is 0. The lowest BCUT2D eigenvalue weighted by atomic mass is 10.1. The maximum atomic E-state index is 10.8. The SMILES string of the molecule is CNCc1cc(Cl)ccc1OCc1ccc(C(=O)O)cc1. The fourth-order valence-corrected chi connectivity index (χ4v) is 2.12. The monoisotopic (exact) mass is 305 g/mol. The third kappa shape index (κ3) is 4.21. The van der Waals surface area contributed by atoms with Crippen molar-refractivity contribution in [2.75, 3.05) is 7.05 Å². The van der Waals surface area contributed by atoms with Gasteiger partial charge in [0.15, 0.2) is 0 Å². The fourth-order valence-electron chi connectivity index (χ4n) is 1.92. The summed E-state index contributed by atoms with van der Waals surface area (Å²) in [6.45, 7) is 1.03. The van der Waals surface area contributed by atoms with Crippen LogP contribution < -0.4 is 10.1 Å². The quantitative estimate of drug-likeness (QED) is 0.859. The number of carbonyl (C=O) groups is 1. The Morgan fingerprint density at radius 1 is 1.24 bits per heavy atom. The van der Waals surface area contributed by atoms with Crippen LogP contribution in [0.1, 0.15) is 21.5 Å². The zero-order valence-electron chi connectivity index (χ0n) is 11.6. The van der Waals surface area contributed by atoms with E-state index in [0.29, 0.717) is 18.2 Å². The Kier molecular flexibility index (Phi) is 5.20. The highest BCUT2D eigenvalue weighted by Gasteiger charge is 2.06. The topological polar surface area (TPSA) is 58.6 Å². The highest BCUT2D eigenvalue weighted by Crippen LogP contribution is 2.23. The van der Waals surface area contributed by atoms with E-state index in [1.54, 1.807) is 30.3 Å². The van der Waals surface area contributed by atoms with Crippen LogP contribution in [0.15, 0.2) is 42.5 Å². The Bertz CT molecular complexity index is 626. The molecule has 21 heavy (non-hydrogen) atoms. The summed E-state index contributed by atoms with van der Waals surface area (Å²) in [5.41, 5.74) is 2.15. The molecule has 0 unspecified atom stereocenters. The van der Waals surface area contributed by atoms with Gasteiger partial charge in [-0.1, -0.05) is 23.7 Å². The predicted octanol–water partition coefficient (Wildman–Crippen LogP) is 3.34. The number of nitrogens with one attached hydrogen (secondary N) is 1. The summed E-state index contributed by atoms with van der Waals surface area (Å²) >= 11 is 5.98. The maximum Gasteiger partial charge on any atom is 0.335 e. The van der Waals surface area contributed by atoms with Crippen molar-refractivity contribution in [1.29, 1.82) is 0 Å². The number of rotatable bonds is 6. The van der Waals surface area contributed by atoms with Gasteiger partial charge in [-0.15, -0.1) is 0 Å². The first kappa shape index (κ1) is 15.4. The number of aromatic carboxylic acids is 1. The Labute approximate surface area is 128 Å². The van der Waals surface area contributed by atoms with E-state index < -0.39 is 5.97 Å². The first-order chi connectivity index (χ1) is 10.1. The normalized spacial score (nSPS) is 10.4. The Morgan fingerprint density at radius 2 is 1.95 bits per heavy atom. The van der Waals surface area contributed by atoms with Crippen molar-refractivity contribution in [1.82, 2.24) is 5.32 Å². The molecular weight excluding hydrogens is 290 g/mol. The summed E-state index contributed by atoms with van der Waals surface area (Å²) in [6, 6.07) is 12.1. The Morgan fingerprint density at radius 3 is 2.57 bits per heavy atom. The molecule has 2 N–H and O–H groups in total. The highest BCUT2D eigenvalue weighted by atomic mass is 35.5. The van der Waals surface area contributed by atoms with E-state index >= 15 is 0 Å². The number of ether oxygens (including phenoxy) is 1. The molecule has 2 aromatic carbocycles. The van der Waals surface area contributed by atoms with E-state index in [4.69, 9.17) is 21.4 Å². The largest absolute Gasteiger partial charge is 0.489 e. The lowest BCUT2D eigenvalue weighted by Gasteiger charge is -2.12. The molecule has 0 heterocycles. The minimum atomic E-state index is -0.934. The van der Waals surface area contributed by atoms with Crippen LogP contribution in [0.3, 0.4) is 0 Å². The molecule has 0 saturated heterocycles. The standard InChI is InChI=1S/C16H16ClNO3/c1-18-9-13-8-14(17)6-7-15(13)21-10-11-2-4-12(5-3-11)16(19)20/h2-8,18H,9-10H2,1H3,(H,19,20). The van der Waals surface area contributed by atoms with Crippen LogP contribution >= 0.6 is 11.6 Å². The molecule has 0 fully saturated rings. The van der Waals surface area contributed by atoms with E-state index in [1.807, 2.05) is 19.2 Å². The molecule has 4 nitrogen and oxygen atoms in total. The van der Waals surface area contributed by atoms with Crippen molar-refractivity contribution in [3.8, 4) is 5.75 Å². The van der Waals surface area contributed by atoms with Gasteiger partial charge in [-0.25, -0.2) is 4.79 Å². The van der Waals surface area contributed by atoms with Gasteiger partial charge in [-0.3, -0.25) is 0 Å². The highest BCUT2D eigenvalue weighted by molar-refractivity contribution is 6.30. The van der Waals surface area contributed by atoms with Gasteiger partial charge < -0.3 is 15.2 Å². The lowest BCUT2D eigenvalue weighted by molar-refractivity contribution is 0.0697. The van der Waals surface area contributed by atoms with Crippen molar-refractivity contribution < 1.29 is 14.6 Å². The second kappa shape index (κ2) is 7.11. The number of carboxylic acid groups (broad SMARTS) is 1. The van der Waals surface area contributed by atoms with E-state index in [2.05, 4.69) is 5.32 Å². The molecule has 2 aromatic rings. The molecule has 0 saturated carbocycles. The summed E-state index contributed by atoms with van der Waals surface area (Å²) in [5, 5.41) is 12.6. The van der Waals surface area contributed by atoms with Crippen molar-refractivity contribution in [2.45, 2.75) is 13.2 Å². The van der Waals surface area contributed by atoms with Gasteiger partial charge in [0.1, 0.15) is 12.4 Å².